The Morgan fingerprint density at radius 1 is 1.83 bits per heavy atom. The second-order valence-electron chi connectivity index (χ2n) is 2.49. The van der Waals surface area contributed by atoms with Gasteiger partial charge in [-0.25, -0.2) is 0 Å². The first-order chi connectivity index (χ1) is 5.70. The van der Waals surface area contributed by atoms with E-state index in [2.05, 4.69) is 10.2 Å². The summed E-state index contributed by atoms with van der Waals surface area (Å²) < 4.78 is 0. The summed E-state index contributed by atoms with van der Waals surface area (Å²) in [6.07, 6.45) is 5.39. The van der Waals surface area contributed by atoms with Crippen LogP contribution >= 0.6 is 0 Å². The minimum absolute atomic E-state index is 0.0332. The second kappa shape index (κ2) is 3.75. The van der Waals surface area contributed by atoms with Crippen LogP contribution in [0.4, 0.5) is 0 Å². The van der Waals surface area contributed by atoms with E-state index in [9.17, 15) is 10.1 Å². The molecule has 0 saturated carbocycles. The highest BCUT2D eigenvalue weighted by atomic mass is 16.9. The lowest BCUT2D eigenvalue weighted by atomic mass is 10.1. The third kappa shape index (κ3) is 2.26. The third-order valence-corrected chi connectivity index (χ3v) is 1.65. The van der Waals surface area contributed by atoms with E-state index in [0.29, 0.717) is 0 Å². The molecule has 1 heterocycles. The standard InChI is InChI=1S/C7H10N2O3/c1-6-7(3-2-4-8-6)5-12-9(10)11/h2-4,6,8H,5H2,1H3. The summed E-state index contributed by atoms with van der Waals surface area (Å²) in [7, 11) is 0. The van der Waals surface area contributed by atoms with Crippen molar-refractivity contribution in [1.82, 2.24) is 5.32 Å². The largest absolute Gasteiger partial charge is 0.385 e. The van der Waals surface area contributed by atoms with Gasteiger partial charge in [0, 0.05) is 6.04 Å². The van der Waals surface area contributed by atoms with Gasteiger partial charge in [-0.15, -0.1) is 10.1 Å². The van der Waals surface area contributed by atoms with Gasteiger partial charge in [0.05, 0.1) is 0 Å². The van der Waals surface area contributed by atoms with Gasteiger partial charge in [0.2, 0.25) is 0 Å². The summed E-state index contributed by atoms with van der Waals surface area (Å²) in [6, 6.07) is 0.106. The van der Waals surface area contributed by atoms with E-state index in [1.54, 1.807) is 12.3 Å². The van der Waals surface area contributed by atoms with E-state index >= 15 is 0 Å². The Balaban J connectivity index is 2.44. The molecule has 1 atom stereocenters. The van der Waals surface area contributed by atoms with E-state index in [1.807, 2.05) is 13.0 Å². The Morgan fingerprint density at radius 3 is 3.17 bits per heavy atom. The first-order valence-electron chi connectivity index (χ1n) is 3.59. The van der Waals surface area contributed by atoms with Crippen LogP contribution < -0.4 is 5.32 Å². The van der Waals surface area contributed by atoms with Crippen LogP contribution in [0.5, 0.6) is 0 Å². The van der Waals surface area contributed by atoms with Gasteiger partial charge in [-0.05, 0) is 24.8 Å². The van der Waals surface area contributed by atoms with Crippen molar-refractivity contribution in [3.05, 3.63) is 34.0 Å². The van der Waals surface area contributed by atoms with Crippen LogP contribution in [0.25, 0.3) is 0 Å². The average molecular weight is 170 g/mol. The molecule has 0 spiro atoms. The molecule has 12 heavy (non-hydrogen) atoms. The fourth-order valence-electron chi connectivity index (χ4n) is 0.923. The number of dihydropyridines is 1. The van der Waals surface area contributed by atoms with Crippen molar-refractivity contribution in [1.29, 1.82) is 0 Å². The molecule has 66 valence electrons. The molecular formula is C7H10N2O3. The van der Waals surface area contributed by atoms with Crippen molar-refractivity contribution in [2.75, 3.05) is 6.61 Å². The van der Waals surface area contributed by atoms with Gasteiger partial charge in [-0.1, -0.05) is 6.08 Å². The molecular weight excluding hydrogens is 160 g/mol. The van der Waals surface area contributed by atoms with Crippen molar-refractivity contribution >= 4 is 0 Å². The topological polar surface area (TPSA) is 64.4 Å². The highest BCUT2D eigenvalue weighted by Crippen LogP contribution is 2.06. The maximum absolute atomic E-state index is 9.87. The zero-order valence-electron chi connectivity index (χ0n) is 6.69. The van der Waals surface area contributed by atoms with Crippen LogP contribution in [0.2, 0.25) is 0 Å². The molecule has 0 aromatic rings. The number of nitrogens with zero attached hydrogens (tertiary/aromatic N) is 1. The molecule has 0 saturated heterocycles. The van der Waals surface area contributed by atoms with Crippen molar-refractivity contribution in [2.24, 2.45) is 0 Å². The fraction of sp³-hybridized carbons (Fsp3) is 0.429. The van der Waals surface area contributed by atoms with Gasteiger partial charge in [0.1, 0.15) is 6.61 Å². The summed E-state index contributed by atoms with van der Waals surface area (Å²) in [5.74, 6) is 0. The van der Waals surface area contributed by atoms with E-state index in [1.165, 1.54) is 0 Å². The van der Waals surface area contributed by atoms with E-state index in [-0.39, 0.29) is 12.6 Å². The zero-order chi connectivity index (χ0) is 8.97. The molecule has 5 heteroatoms. The van der Waals surface area contributed by atoms with E-state index in [0.717, 1.165) is 5.57 Å². The van der Waals surface area contributed by atoms with Crippen LogP contribution in [-0.2, 0) is 4.84 Å². The lowest BCUT2D eigenvalue weighted by Gasteiger charge is -2.17. The van der Waals surface area contributed by atoms with Crippen LogP contribution in [0, 0.1) is 10.1 Å². The van der Waals surface area contributed by atoms with Gasteiger partial charge >= 0.3 is 0 Å². The Labute approximate surface area is 69.8 Å². The molecule has 5 nitrogen and oxygen atoms in total. The molecule has 1 aliphatic rings. The molecule has 0 aliphatic carbocycles. The molecule has 1 N–H and O–H groups in total. The fourth-order valence-corrected chi connectivity index (χ4v) is 0.923. The van der Waals surface area contributed by atoms with Crippen molar-refractivity contribution < 1.29 is 9.92 Å². The summed E-state index contributed by atoms with van der Waals surface area (Å²) in [6.45, 7) is 1.95. The average Bonchev–Trinajstić information content (AvgIpc) is 2.03. The van der Waals surface area contributed by atoms with Gasteiger partial charge in [0.15, 0.2) is 0 Å². The summed E-state index contributed by atoms with van der Waals surface area (Å²) >= 11 is 0. The molecule has 0 radical (unpaired) electrons. The summed E-state index contributed by atoms with van der Waals surface area (Å²) in [4.78, 5) is 14.1. The number of hydrogen-bond acceptors (Lipinski definition) is 4. The van der Waals surface area contributed by atoms with Crippen LogP contribution in [-0.4, -0.2) is 17.7 Å². The first kappa shape index (κ1) is 8.58. The van der Waals surface area contributed by atoms with Crippen molar-refractivity contribution in [3.63, 3.8) is 0 Å². The summed E-state index contributed by atoms with van der Waals surface area (Å²) in [5.41, 5.74) is 0.870. The lowest BCUT2D eigenvalue weighted by Crippen LogP contribution is -2.27. The van der Waals surface area contributed by atoms with Gasteiger partial charge < -0.3 is 10.2 Å². The van der Waals surface area contributed by atoms with E-state index < -0.39 is 5.09 Å². The highest BCUT2D eigenvalue weighted by molar-refractivity contribution is 5.22. The number of hydrogen-bond donors (Lipinski definition) is 1. The Bertz CT molecular complexity index is 235. The van der Waals surface area contributed by atoms with Crippen molar-refractivity contribution in [2.45, 2.75) is 13.0 Å². The maximum Gasteiger partial charge on any atom is 0.294 e. The van der Waals surface area contributed by atoms with Gasteiger partial charge in [-0.2, -0.15) is 0 Å². The Kier molecular flexibility index (Phi) is 2.68. The molecule has 0 fully saturated rings. The second-order valence-corrected chi connectivity index (χ2v) is 2.49. The minimum Gasteiger partial charge on any atom is -0.385 e. The number of allylic oxidation sites excluding steroid dienone is 2. The van der Waals surface area contributed by atoms with Crippen molar-refractivity contribution in [3.8, 4) is 0 Å². The zero-order valence-corrected chi connectivity index (χ0v) is 6.69. The van der Waals surface area contributed by atoms with Crippen LogP contribution in [0.15, 0.2) is 23.9 Å². The predicted octanol–water partition coefficient (Wildman–Crippen LogP) is 0.627. The summed E-state index contributed by atoms with van der Waals surface area (Å²) in [5, 5.41) is 12.1. The van der Waals surface area contributed by atoms with Crippen LogP contribution in [0.1, 0.15) is 6.92 Å². The molecule has 1 aliphatic heterocycles. The minimum atomic E-state index is -0.786. The SMILES string of the molecule is CC1NC=CC=C1CO[N+](=O)[O-]. The monoisotopic (exact) mass is 170 g/mol. The molecule has 0 aromatic carbocycles. The quantitative estimate of drug-likeness (QED) is 0.498. The maximum atomic E-state index is 9.87. The molecule has 1 unspecified atom stereocenters. The normalized spacial score (nSPS) is 21.1. The Hall–Kier alpha value is -1.52. The first-order valence-corrected chi connectivity index (χ1v) is 3.59. The molecule has 1 rings (SSSR count). The predicted molar refractivity (Wildman–Crippen MR) is 42.8 cm³/mol. The smallest absolute Gasteiger partial charge is 0.294 e. The molecule has 0 bridgehead atoms. The number of nitrogens with one attached hydrogen (secondary N) is 1. The third-order valence-electron chi connectivity index (χ3n) is 1.65. The Morgan fingerprint density at radius 2 is 2.58 bits per heavy atom. The highest BCUT2D eigenvalue weighted by Gasteiger charge is 2.10. The van der Waals surface area contributed by atoms with Crippen LogP contribution in [0.3, 0.4) is 0 Å². The number of rotatable bonds is 3. The van der Waals surface area contributed by atoms with Gasteiger partial charge in [-0.3, -0.25) is 0 Å². The molecule has 0 amide bonds. The van der Waals surface area contributed by atoms with Gasteiger partial charge in [0.25, 0.3) is 5.09 Å². The lowest BCUT2D eigenvalue weighted by molar-refractivity contribution is -0.755. The van der Waals surface area contributed by atoms with E-state index in [4.69, 9.17) is 0 Å². The molecule has 0 aromatic heterocycles.